The van der Waals surface area contributed by atoms with Crippen LogP contribution in [-0.2, 0) is 16.1 Å². The van der Waals surface area contributed by atoms with Crippen molar-refractivity contribution in [2.24, 2.45) is 5.92 Å². The zero-order valence-electron chi connectivity index (χ0n) is 19.4. The second-order valence-electron chi connectivity index (χ2n) is 9.32. The molecule has 2 atom stereocenters. The number of carbonyl (C=O) groups excluding carboxylic acids is 3. The minimum atomic E-state index is -0.882. The third-order valence-electron chi connectivity index (χ3n) is 7.12. The van der Waals surface area contributed by atoms with Gasteiger partial charge in [0, 0.05) is 0 Å². The molecule has 34 heavy (non-hydrogen) atoms. The van der Waals surface area contributed by atoms with E-state index in [9.17, 15) is 14.4 Å². The molecule has 2 fully saturated rings. The van der Waals surface area contributed by atoms with Crippen LogP contribution in [-0.4, -0.2) is 39.8 Å². The van der Waals surface area contributed by atoms with Gasteiger partial charge in [-0.1, -0.05) is 73.6 Å². The van der Waals surface area contributed by atoms with Gasteiger partial charge in [-0.15, -0.1) is 0 Å². The highest BCUT2D eigenvalue weighted by atomic mass is 32.1. The molecule has 176 valence electrons. The number of imide groups is 1. The summed E-state index contributed by atoms with van der Waals surface area (Å²) in [5, 5.41) is 3.50. The molecule has 2 unspecified atom stereocenters. The van der Waals surface area contributed by atoms with E-state index in [1.54, 1.807) is 4.90 Å². The predicted molar refractivity (Wildman–Crippen MR) is 133 cm³/mol. The van der Waals surface area contributed by atoms with Crippen LogP contribution in [0, 0.1) is 12.8 Å². The molecule has 0 bridgehead atoms. The summed E-state index contributed by atoms with van der Waals surface area (Å²) in [6, 6.07) is 15.1. The van der Waals surface area contributed by atoms with Crippen molar-refractivity contribution in [2.45, 2.75) is 51.6 Å². The van der Waals surface area contributed by atoms with Gasteiger partial charge in [0.2, 0.25) is 5.91 Å². The summed E-state index contributed by atoms with van der Waals surface area (Å²) in [7, 11) is 0. The van der Waals surface area contributed by atoms with Gasteiger partial charge in [0.25, 0.3) is 5.91 Å². The molecule has 7 nitrogen and oxygen atoms in total. The molecule has 1 aliphatic heterocycles. The summed E-state index contributed by atoms with van der Waals surface area (Å²) >= 11 is 1.44. The number of hydrogen-bond donors (Lipinski definition) is 1. The Morgan fingerprint density at radius 2 is 1.97 bits per heavy atom. The quantitative estimate of drug-likeness (QED) is 0.544. The number of thiazole rings is 1. The maximum absolute atomic E-state index is 13.6. The Kier molecular flexibility index (Phi) is 5.85. The molecule has 1 saturated carbocycles. The van der Waals surface area contributed by atoms with Gasteiger partial charge in [0.1, 0.15) is 12.1 Å². The Hall–Kier alpha value is -3.26. The molecule has 1 saturated heterocycles. The second kappa shape index (κ2) is 8.83. The molecule has 3 aromatic rings. The molecule has 8 heteroatoms. The predicted octanol–water partition coefficient (Wildman–Crippen LogP) is 4.64. The number of fused-ring (bicyclic) bond motifs is 1. The van der Waals surface area contributed by atoms with E-state index >= 15 is 0 Å². The van der Waals surface area contributed by atoms with Gasteiger partial charge in [-0.3, -0.25) is 19.4 Å². The van der Waals surface area contributed by atoms with Crippen molar-refractivity contribution in [2.75, 3.05) is 11.4 Å². The maximum Gasteiger partial charge on any atom is 0.325 e. The van der Waals surface area contributed by atoms with Crippen molar-refractivity contribution in [1.29, 1.82) is 0 Å². The molecule has 2 aromatic carbocycles. The monoisotopic (exact) mass is 476 g/mol. The highest BCUT2D eigenvalue weighted by Gasteiger charge is 2.55. The Bertz CT molecular complexity index is 1260. The number of rotatable bonds is 5. The van der Waals surface area contributed by atoms with Crippen molar-refractivity contribution in [3.05, 3.63) is 59.7 Å². The van der Waals surface area contributed by atoms with Gasteiger partial charge in [0.15, 0.2) is 5.13 Å². The lowest BCUT2D eigenvalue weighted by Gasteiger charge is -2.36. The first-order chi connectivity index (χ1) is 16.4. The van der Waals surface area contributed by atoms with Crippen molar-refractivity contribution >= 4 is 44.5 Å². The van der Waals surface area contributed by atoms with Gasteiger partial charge in [-0.25, -0.2) is 9.78 Å². The van der Waals surface area contributed by atoms with Crippen LogP contribution in [0.3, 0.4) is 0 Å². The standard InChI is InChI=1S/C26H28N4O3S/c1-17-9-8-13-20-22(17)27-25(34-20)29(15-19-11-4-3-5-12-19)21(31)16-30-23(32)26(28-24(30)33)14-7-6-10-18(26)2/h3-5,8-9,11-13,18H,6-7,10,14-16H2,1-2H3,(H,28,33). The van der Waals surface area contributed by atoms with E-state index in [1.165, 1.54) is 11.3 Å². The Morgan fingerprint density at radius 1 is 1.18 bits per heavy atom. The molecule has 1 aromatic heterocycles. The number of benzene rings is 2. The van der Waals surface area contributed by atoms with Gasteiger partial charge in [0.05, 0.1) is 16.8 Å². The minimum Gasteiger partial charge on any atom is -0.323 e. The summed E-state index contributed by atoms with van der Waals surface area (Å²) in [5.41, 5.74) is 1.96. The number of anilines is 1. The highest BCUT2D eigenvalue weighted by Crippen LogP contribution is 2.38. The number of nitrogens with one attached hydrogen (secondary N) is 1. The van der Waals surface area contributed by atoms with Gasteiger partial charge in [-0.05, 0) is 42.9 Å². The summed E-state index contributed by atoms with van der Waals surface area (Å²) in [4.78, 5) is 47.3. The first-order valence-corrected chi connectivity index (χ1v) is 12.6. The van der Waals surface area contributed by atoms with E-state index in [1.807, 2.05) is 62.4 Å². The SMILES string of the molecule is Cc1cccc2sc(N(Cc3ccccc3)C(=O)CN3C(=O)NC4(CCCCC4C)C3=O)nc12. The molecule has 4 amide bonds. The summed E-state index contributed by atoms with van der Waals surface area (Å²) < 4.78 is 0.992. The second-order valence-corrected chi connectivity index (χ2v) is 10.3. The number of amides is 4. The van der Waals surface area contributed by atoms with Crippen molar-refractivity contribution in [1.82, 2.24) is 15.2 Å². The summed E-state index contributed by atoms with van der Waals surface area (Å²) in [6.45, 7) is 4.01. The molecule has 1 aliphatic carbocycles. The minimum absolute atomic E-state index is 0.0467. The number of para-hydroxylation sites is 1. The van der Waals surface area contributed by atoms with Crippen LogP contribution in [0.4, 0.5) is 9.93 Å². The lowest BCUT2D eigenvalue weighted by Crippen LogP contribution is -2.54. The number of aryl methyl sites for hydroxylation is 1. The highest BCUT2D eigenvalue weighted by molar-refractivity contribution is 7.22. The number of nitrogens with zero attached hydrogens (tertiary/aromatic N) is 3. The molecule has 1 N–H and O–H groups in total. The van der Waals surface area contributed by atoms with E-state index in [2.05, 4.69) is 5.32 Å². The van der Waals surface area contributed by atoms with Gasteiger partial charge in [-0.2, -0.15) is 0 Å². The number of urea groups is 1. The fourth-order valence-corrected chi connectivity index (χ4v) is 6.14. The topological polar surface area (TPSA) is 82.6 Å². The van der Waals surface area contributed by atoms with Crippen LogP contribution < -0.4 is 10.2 Å². The normalized spacial score (nSPS) is 22.4. The summed E-state index contributed by atoms with van der Waals surface area (Å²) in [6.07, 6.45) is 3.45. The van der Waals surface area contributed by atoms with Crippen molar-refractivity contribution < 1.29 is 14.4 Å². The average Bonchev–Trinajstić information content (AvgIpc) is 3.36. The van der Waals surface area contributed by atoms with Gasteiger partial charge >= 0.3 is 6.03 Å². The van der Waals surface area contributed by atoms with Crippen molar-refractivity contribution in [3.63, 3.8) is 0 Å². The van der Waals surface area contributed by atoms with E-state index in [0.29, 0.717) is 18.1 Å². The Labute approximate surface area is 202 Å². The smallest absolute Gasteiger partial charge is 0.323 e. The zero-order chi connectivity index (χ0) is 23.9. The molecular weight excluding hydrogens is 448 g/mol. The molecule has 1 spiro atoms. The van der Waals surface area contributed by atoms with Crippen LogP contribution in [0.15, 0.2) is 48.5 Å². The lowest BCUT2D eigenvalue weighted by atomic mass is 9.73. The van der Waals surface area contributed by atoms with Crippen LogP contribution in [0.1, 0.15) is 43.7 Å². The molecule has 5 rings (SSSR count). The third kappa shape index (κ3) is 3.86. The summed E-state index contributed by atoms with van der Waals surface area (Å²) in [5.74, 6) is -0.562. The lowest BCUT2D eigenvalue weighted by molar-refractivity contribution is -0.136. The van der Waals surface area contributed by atoms with Crippen LogP contribution in [0.2, 0.25) is 0 Å². The largest absolute Gasteiger partial charge is 0.325 e. The van der Waals surface area contributed by atoms with E-state index < -0.39 is 11.6 Å². The molecule has 0 radical (unpaired) electrons. The van der Waals surface area contributed by atoms with Crippen LogP contribution in [0.5, 0.6) is 0 Å². The van der Waals surface area contributed by atoms with E-state index in [4.69, 9.17) is 4.98 Å². The Balaban J connectivity index is 1.45. The van der Waals surface area contributed by atoms with E-state index in [-0.39, 0.29) is 24.3 Å². The van der Waals surface area contributed by atoms with E-state index in [0.717, 1.165) is 45.5 Å². The molecule has 2 heterocycles. The number of aromatic nitrogens is 1. The maximum atomic E-state index is 13.6. The fourth-order valence-electron chi connectivity index (χ4n) is 5.08. The average molecular weight is 477 g/mol. The third-order valence-corrected chi connectivity index (χ3v) is 8.16. The zero-order valence-corrected chi connectivity index (χ0v) is 20.2. The Morgan fingerprint density at radius 3 is 2.71 bits per heavy atom. The first-order valence-electron chi connectivity index (χ1n) is 11.7. The molecule has 2 aliphatic rings. The molecular formula is C26H28N4O3S. The van der Waals surface area contributed by atoms with Gasteiger partial charge < -0.3 is 5.32 Å². The number of carbonyl (C=O) groups is 3. The number of hydrogen-bond acceptors (Lipinski definition) is 5. The fraction of sp³-hybridized carbons (Fsp3) is 0.385. The van der Waals surface area contributed by atoms with Crippen molar-refractivity contribution in [3.8, 4) is 0 Å². The van der Waals surface area contributed by atoms with Crippen LogP contribution >= 0.6 is 11.3 Å². The van der Waals surface area contributed by atoms with Crippen LogP contribution in [0.25, 0.3) is 10.2 Å². The first kappa shape index (κ1) is 22.5.